The second kappa shape index (κ2) is 7.13. The van der Waals surface area contributed by atoms with Crippen LogP contribution in [0.5, 0.6) is 0 Å². The largest absolute Gasteiger partial charge is 0.298 e. The molecule has 5 nitrogen and oxygen atoms in total. The summed E-state index contributed by atoms with van der Waals surface area (Å²) in [7, 11) is -3.55. The molecule has 126 valence electrons. The first kappa shape index (κ1) is 17.3. The lowest BCUT2D eigenvalue weighted by atomic mass is 10.1. The fourth-order valence-corrected chi connectivity index (χ4v) is 4.72. The third kappa shape index (κ3) is 3.76. The number of aromatic nitrogens is 1. The highest BCUT2D eigenvalue weighted by Gasteiger charge is 2.26. The molecule has 1 heterocycles. The Morgan fingerprint density at radius 2 is 1.80 bits per heavy atom. The highest BCUT2D eigenvalue weighted by molar-refractivity contribution is 7.91. The maximum absolute atomic E-state index is 12.4. The second-order valence-corrected chi connectivity index (χ2v) is 8.60. The van der Waals surface area contributed by atoms with E-state index in [9.17, 15) is 18.5 Å². The molecule has 0 spiro atoms. The molecule has 0 amide bonds. The smallest absolute Gasteiger partial charge is 0.178 e. The number of sulfone groups is 1. The second-order valence-electron chi connectivity index (χ2n) is 5.43. The van der Waals surface area contributed by atoms with Crippen molar-refractivity contribution in [2.45, 2.75) is 17.2 Å². The Morgan fingerprint density at radius 1 is 1.12 bits per heavy atom. The van der Waals surface area contributed by atoms with Crippen molar-refractivity contribution in [2.24, 2.45) is 0 Å². The van der Waals surface area contributed by atoms with E-state index >= 15 is 0 Å². The number of nitriles is 1. The average molecular weight is 370 g/mol. The molecule has 0 bridgehead atoms. The van der Waals surface area contributed by atoms with Crippen molar-refractivity contribution < 1.29 is 13.2 Å². The van der Waals surface area contributed by atoms with E-state index in [1.165, 1.54) is 23.5 Å². The van der Waals surface area contributed by atoms with Crippen molar-refractivity contribution >= 4 is 37.2 Å². The molecule has 1 aromatic heterocycles. The summed E-state index contributed by atoms with van der Waals surface area (Å²) in [6, 6.07) is 17.3. The van der Waals surface area contributed by atoms with Gasteiger partial charge in [0, 0.05) is 6.42 Å². The summed E-state index contributed by atoms with van der Waals surface area (Å²) in [4.78, 5) is 16.9. The van der Waals surface area contributed by atoms with Gasteiger partial charge >= 0.3 is 0 Å². The van der Waals surface area contributed by atoms with Crippen LogP contribution in [0.1, 0.15) is 17.3 Å². The van der Waals surface area contributed by atoms with Crippen molar-refractivity contribution in [3.8, 4) is 6.07 Å². The number of carbonyl (C=O) groups is 1. The molecule has 3 aromatic rings. The molecule has 0 saturated carbocycles. The summed E-state index contributed by atoms with van der Waals surface area (Å²) in [6.45, 7) is 0. The number of rotatable bonds is 6. The van der Waals surface area contributed by atoms with E-state index in [2.05, 4.69) is 4.98 Å². The summed E-state index contributed by atoms with van der Waals surface area (Å²) in [5.74, 6) is -1.79. The van der Waals surface area contributed by atoms with Crippen molar-refractivity contribution in [3.63, 3.8) is 0 Å². The SMILES string of the molecule is N#C[C@@H](C(=O)CCS(=O)(=O)c1ccccc1)c1nc2ccccc2s1. The van der Waals surface area contributed by atoms with Gasteiger partial charge in [0.1, 0.15) is 5.01 Å². The van der Waals surface area contributed by atoms with E-state index in [4.69, 9.17) is 0 Å². The molecule has 0 aliphatic carbocycles. The topological polar surface area (TPSA) is 87.9 Å². The quantitative estimate of drug-likeness (QED) is 0.664. The Kier molecular flexibility index (Phi) is 4.93. The lowest BCUT2D eigenvalue weighted by Crippen LogP contribution is -2.16. The van der Waals surface area contributed by atoms with Crippen LogP contribution >= 0.6 is 11.3 Å². The van der Waals surface area contributed by atoms with E-state index < -0.39 is 21.5 Å². The number of thiazole rings is 1. The average Bonchev–Trinajstić information content (AvgIpc) is 3.05. The Morgan fingerprint density at radius 3 is 2.48 bits per heavy atom. The molecule has 0 radical (unpaired) electrons. The summed E-state index contributed by atoms with van der Waals surface area (Å²) < 4.78 is 25.4. The number of carbonyl (C=O) groups excluding carboxylic acids is 1. The highest BCUT2D eigenvalue weighted by Crippen LogP contribution is 2.28. The third-order valence-corrected chi connectivity index (χ3v) is 6.56. The molecular weight excluding hydrogens is 356 g/mol. The molecule has 0 saturated heterocycles. The van der Waals surface area contributed by atoms with Gasteiger partial charge in [-0.1, -0.05) is 30.3 Å². The van der Waals surface area contributed by atoms with Crippen molar-refractivity contribution in [3.05, 3.63) is 59.6 Å². The minimum Gasteiger partial charge on any atom is -0.298 e. The van der Waals surface area contributed by atoms with E-state index in [0.717, 1.165) is 10.2 Å². The van der Waals surface area contributed by atoms with Crippen LogP contribution in [-0.4, -0.2) is 24.9 Å². The van der Waals surface area contributed by atoms with Crippen LogP contribution in [0, 0.1) is 11.3 Å². The summed E-state index contributed by atoms with van der Waals surface area (Å²) in [5, 5.41) is 9.78. The zero-order chi connectivity index (χ0) is 17.9. The summed E-state index contributed by atoms with van der Waals surface area (Å²) in [5.41, 5.74) is 0.729. The molecule has 0 N–H and O–H groups in total. The first-order valence-corrected chi connectivity index (χ1v) is 10.0. The third-order valence-electron chi connectivity index (χ3n) is 3.73. The van der Waals surface area contributed by atoms with Gasteiger partial charge in [0.15, 0.2) is 21.5 Å². The van der Waals surface area contributed by atoms with Crippen LogP contribution in [0.2, 0.25) is 0 Å². The number of hydrogen-bond donors (Lipinski definition) is 0. The van der Waals surface area contributed by atoms with E-state index in [0.29, 0.717) is 5.01 Å². The first-order valence-electron chi connectivity index (χ1n) is 7.57. The zero-order valence-corrected chi connectivity index (χ0v) is 14.8. The molecule has 2 aromatic carbocycles. The van der Waals surface area contributed by atoms with E-state index in [-0.39, 0.29) is 17.1 Å². The normalized spacial score (nSPS) is 12.6. The number of nitrogens with zero attached hydrogens (tertiary/aromatic N) is 2. The van der Waals surface area contributed by atoms with Gasteiger partial charge in [-0.2, -0.15) is 5.26 Å². The van der Waals surface area contributed by atoms with Crippen LogP contribution in [0.15, 0.2) is 59.5 Å². The summed E-state index contributed by atoms with van der Waals surface area (Å²) in [6.07, 6.45) is -0.217. The van der Waals surface area contributed by atoms with Gasteiger partial charge < -0.3 is 0 Å². The standard InChI is InChI=1S/C18H14N2O3S2/c19-12-14(18-20-15-8-4-5-9-17(15)24-18)16(21)10-11-25(22,23)13-6-2-1-3-7-13/h1-9,14H,10-11H2/t14-/m0/s1. The van der Waals surface area contributed by atoms with Crippen molar-refractivity contribution in [1.29, 1.82) is 5.26 Å². The van der Waals surface area contributed by atoms with Crippen LogP contribution < -0.4 is 0 Å². The number of benzene rings is 2. The monoisotopic (exact) mass is 370 g/mol. The Labute approximate surface area is 149 Å². The minimum atomic E-state index is -3.55. The minimum absolute atomic E-state index is 0.177. The van der Waals surface area contributed by atoms with Crippen molar-refractivity contribution in [1.82, 2.24) is 4.98 Å². The summed E-state index contributed by atoms with van der Waals surface area (Å²) >= 11 is 1.28. The predicted molar refractivity (Wildman–Crippen MR) is 96.1 cm³/mol. The maximum atomic E-state index is 12.4. The fourth-order valence-electron chi connectivity index (χ4n) is 2.40. The molecule has 0 aliphatic rings. The molecule has 3 rings (SSSR count). The lowest BCUT2D eigenvalue weighted by molar-refractivity contribution is -0.119. The van der Waals surface area contributed by atoms with Crippen LogP contribution in [0.4, 0.5) is 0 Å². The number of ketones is 1. The number of fused-ring (bicyclic) bond motifs is 1. The van der Waals surface area contributed by atoms with E-state index in [1.54, 1.807) is 18.2 Å². The van der Waals surface area contributed by atoms with Gasteiger partial charge in [0.05, 0.1) is 26.9 Å². The zero-order valence-electron chi connectivity index (χ0n) is 13.1. The number of para-hydroxylation sites is 1. The fraction of sp³-hybridized carbons (Fsp3) is 0.167. The number of Topliss-reactive ketones (excluding diaryl/α,β-unsaturated/α-hetero) is 1. The molecular formula is C18H14N2O3S2. The van der Waals surface area contributed by atoms with Gasteiger partial charge in [-0.25, -0.2) is 13.4 Å². The predicted octanol–water partition coefficient (Wildman–Crippen LogP) is 3.34. The van der Waals surface area contributed by atoms with Gasteiger partial charge in [-0.05, 0) is 24.3 Å². The van der Waals surface area contributed by atoms with Gasteiger partial charge in [-0.15, -0.1) is 11.3 Å². The first-order chi connectivity index (χ1) is 12.0. The van der Waals surface area contributed by atoms with Crippen LogP contribution in [0.25, 0.3) is 10.2 Å². The lowest BCUT2D eigenvalue weighted by Gasteiger charge is -2.06. The van der Waals surface area contributed by atoms with Crippen molar-refractivity contribution in [2.75, 3.05) is 5.75 Å². The Balaban J connectivity index is 1.76. The maximum Gasteiger partial charge on any atom is 0.178 e. The van der Waals surface area contributed by atoms with Gasteiger partial charge in [0.25, 0.3) is 0 Å². The van der Waals surface area contributed by atoms with E-state index in [1.807, 2.05) is 30.3 Å². The molecule has 0 fully saturated rings. The molecule has 7 heteroatoms. The van der Waals surface area contributed by atoms with Gasteiger partial charge in [0.2, 0.25) is 0 Å². The molecule has 0 unspecified atom stereocenters. The van der Waals surface area contributed by atoms with Gasteiger partial charge in [-0.3, -0.25) is 4.79 Å². The Hall–Kier alpha value is -2.56. The number of hydrogen-bond acceptors (Lipinski definition) is 6. The highest BCUT2D eigenvalue weighted by atomic mass is 32.2. The van der Waals surface area contributed by atoms with Crippen LogP contribution in [0.3, 0.4) is 0 Å². The molecule has 1 atom stereocenters. The molecule has 25 heavy (non-hydrogen) atoms. The molecule has 0 aliphatic heterocycles. The van der Waals surface area contributed by atoms with Crippen LogP contribution in [-0.2, 0) is 14.6 Å². The Bertz CT molecular complexity index is 1020.